The Kier molecular flexibility index (Phi) is 4.40. The SMILES string of the molecule is COCCc1nnc2sc(/C=C/c3ccc([N+](=O)[O-])cc3)nn12. The van der Waals surface area contributed by atoms with Crippen LogP contribution in [0.15, 0.2) is 24.3 Å². The van der Waals surface area contributed by atoms with Crippen molar-refractivity contribution in [3.63, 3.8) is 0 Å². The van der Waals surface area contributed by atoms with E-state index < -0.39 is 4.92 Å². The third-order valence-electron chi connectivity index (χ3n) is 3.12. The normalized spacial score (nSPS) is 11.5. The number of nitrogens with zero attached hydrogens (tertiary/aromatic N) is 5. The van der Waals surface area contributed by atoms with E-state index in [1.165, 1.54) is 23.5 Å². The smallest absolute Gasteiger partial charge is 0.269 e. The molecule has 0 aliphatic rings. The maximum Gasteiger partial charge on any atom is 0.269 e. The van der Waals surface area contributed by atoms with E-state index in [1.54, 1.807) is 23.8 Å². The molecule has 0 aliphatic carbocycles. The molecule has 0 fully saturated rings. The first-order chi connectivity index (χ1) is 11.2. The zero-order valence-corrected chi connectivity index (χ0v) is 13.1. The van der Waals surface area contributed by atoms with Crippen LogP contribution >= 0.6 is 11.3 Å². The summed E-state index contributed by atoms with van der Waals surface area (Å²) in [6.45, 7) is 0.562. The Bertz CT molecular complexity index is 853. The summed E-state index contributed by atoms with van der Waals surface area (Å²) < 4.78 is 6.74. The van der Waals surface area contributed by atoms with Gasteiger partial charge in [0.2, 0.25) is 4.96 Å². The van der Waals surface area contributed by atoms with E-state index in [0.717, 1.165) is 21.4 Å². The summed E-state index contributed by atoms with van der Waals surface area (Å²) in [7, 11) is 1.64. The monoisotopic (exact) mass is 331 g/mol. The molecule has 2 aromatic heterocycles. The molecule has 118 valence electrons. The van der Waals surface area contributed by atoms with Crippen molar-refractivity contribution < 1.29 is 9.66 Å². The highest BCUT2D eigenvalue weighted by Gasteiger charge is 2.10. The molecule has 0 N–H and O–H groups in total. The molecule has 9 heteroatoms. The predicted molar refractivity (Wildman–Crippen MR) is 86.3 cm³/mol. The summed E-state index contributed by atoms with van der Waals surface area (Å²) in [6, 6.07) is 6.33. The molecule has 3 aromatic rings. The third kappa shape index (κ3) is 3.41. The lowest BCUT2D eigenvalue weighted by Crippen LogP contribution is -2.01. The third-order valence-corrected chi connectivity index (χ3v) is 3.99. The van der Waals surface area contributed by atoms with Crippen molar-refractivity contribution in [2.45, 2.75) is 6.42 Å². The van der Waals surface area contributed by atoms with Crippen molar-refractivity contribution in [3.8, 4) is 0 Å². The van der Waals surface area contributed by atoms with Crippen molar-refractivity contribution in [1.29, 1.82) is 0 Å². The molecule has 0 unspecified atom stereocenters. The van der Waals surface area contributed by atoms with Crippen LogP contribution in [-0.4, -0.2) is 38.5 Å². The molecule has 8 nitrogen and oxygen atoms in total. The van der Waals surface area contributed by atoms with Gasteiger partial charge < -0.3 is 4.74 Å². The summed E-state index contributed by atoms with van der Waals surface area (Å²) in [5, 5.41) is 24.0. The van der Waals surface area contributed by atoms with Crippen molar-refractivity contribution in [2.75, 3.05) is 13.7 Å². The van der Waals surface area contributed by atoms with Crippen LogP contribution in [0.1, 0.15) is 16.4 Å². The van der Waals surface area contributed by atoms with E-state index in [2.05, 4.69) is 15.3 Å². The van der Waals surface area contributed by atoms with Crippen LogP contribution in [0.3, 0.4) is 0 Å². The van der Waals surface area contributed by atoms with Crippen molar-refractivity contribution in [2.24, 2.45) is 0 Å². The van der Waals surface area contributed by atoms with Gasteiger partial charge in [-0.05, 0) is 23.8 Å². The van der Waals surface area contributed by atoms with E-state index in [1.807, 2.05) is 12.2 Å². The molecular weight excluding hydrogens is 318 g/mol. The van der Waals surface area contributed by atoms with Gasteiger partial charge in [-0.1, -0.05) is 17.4 Å². The number of non-ortho nitro benzene ring substituents is 1. The van der Waals surface area contributed by atoms with Gasteiger partial charge in [-0.25, -0.2) is 0 Å². The summed E-state index contributed by atoms with van der Waals surface area (Å²) in [5.41, 5.74) is 0.935. The Morgan fingerprint density at radius 2 is 2.09 bits per heavy atom. The first-order valence-electron chi connectivity index (χ1n) is 6.80. The number of nitro benzene ring substituents is 1. The van der Waals surface area contributed by atoms with E-state index in [9.17, 15) is 10.1 Å². The van der Waals surface area contributed by atoms with Gasteiger partial charge in [0.15, 0.2) is 5.82 Å². The second kappa shape index (κ2) is 6.63. The molecule has 23 heavy (non-hydrogen) atoms. The van der Waals surface area contributed by atoms with Gasteiger partial charge in [0, 0.05) is 25.7 Å². The largest absolute Gasteiger partial charge is 0.384 e. The van der Waals surface area contributed by atoms with E-state index in [4.69, 9.17) is 4.74 Å². The Morgan fingerprint density at radius 3 is 2.78 bits per heavy atom. The van der Waals surface area contributed by atoms with Gasteiger partial charge in [-0.2, -0.15) is 9.61 Å². The first-order valence-corrected chi connectivity index (χ1v) is 7.61. The number of fused-ring (bicyclic) bond motifs is 1. The summed E-state index contributed by atoms with van der Waals surface area (Å²) in [6.07, 6.45) is 4.35. The zero-order valence-electron chi connectivity index (χ0n) is 12.2. The highest BCUT2D eigenvalue weighted by Crippen LogP contribution is 2.18. The molecule has 0 spiro atoms. The van der Waals surface area contributed by atoms with Crippen LogP contribution in [0.25, 0.3) is 17.1 Å². The molecule has 0 amide bonds. The lowest BCUT2D eigenvalue weighted by atomic mass is 10.2. The van der Waals surface area contributed by atoms with E-state index in [-0.39, 0.29) is 5.69 Å². The highest BCUT2D eigenvalue weighted by molar-refractivity contribution is 7.17. The number of nitro groups is 1. The van der Waals surface area contributed by atoms with Crippen LogP contribution in [0, 0.1) is 10.1 Å². The molecular formula is C14H13N5O3S. The number of benzene rings is 1. The summed E-state index contributed by atoms with van der Waals surface area (Å²) in [5.74, 6) is 0.757. The fourth-order valence-electron chi connectivity index (χ4n) is 1.96. The molecule has 0 atom stereocenters. The van der Waals surface area contributed by atoms with Gasteiger partial charge in [-0.15, -0.1) is 10.2 Å². The van der Waals surface area contributed by atoms with Crippen LogP contribution in [0.4, 0.5) is 5.69 Å². The second-order valence-electron chi connectivity index (χ2n) is 4.68. The minimum Gasteiger partial charge on any atom is -0.384 e. The average Bonchev–Trinajstić information content (AvgIpc) is 3.12. The van der Waals surface area contributed by atoms with Crippen LogP contribution in [0.2, 0.25) is 0 Å². The molecule has 0 aliphatic heterocycles. The van der Waals surface area contributed by atoms with Crippen molar-refractivity contribution in [3.05, 3.63) is 50.8 Å². The van der Waals surface area contributed by atoms with E-state index >= 15 is 0 Å². The van der Waals surface area contributed by atoms with Crippen LogP contribution in [0.5, 0.6) is 0 Å². The second-order valence-corrected chi connectivity index (χ2v) is 5.66. The van der Waals surface area contributed by atoms with Crippen LogP contribution < -0.4 is 0 Å². The fourth-order valence-corrected chi connectivity index (χ4v) is 2.72. The average molecular weight is 331 g/mol. The zero-order chi connectivity index (χ0) is 16.2. The minimum atomic E-state index is -0.419. The first kappa shape index (κ1) is 15.3. The number of hydrogen-bond acceptors (Lipinski definition) is 7. The number of aromatic nitrogens is 4. The standard InChI is InChI=1S/C14H13N5O3S/c1-22-9-8-12-15-16-14-18(12)17-13(23-14)7-4-10-2-5-11(6-3-10)19(20)21/h2-7H,8-9H2,1H3/b7-4+. The van der Waals surface area contributed by atoms with Crippen molar-refractivity contribution >= 4 is 34.1 Å². The predicted octanol–water partition coefficient (Wildman–Crippen LogP) is 2.45. The number of methoxy groups -OCH3 is 1. The molecule has 0 saturated heterocycles. The molecule has 0 bridgehead atoms. The molecule has 0 radical (unpaired) electrons. The Morgan fingerprint density at radius 1 is 1.30 bits per heavy atom. The quantitative estimate of drug-likeness (QED) is 0.508. The Balaban J connectivity index is 1.77. The maximum absolute atomic E-state index is 10.6. The number of rotatable bonds is 6. The molecule has 0 saturated carbocycles. The lowest BCUT2D eigenvalue weighted by molar-refractivity contribution is -0.384. The summed E-state index contributed by atoms with van der Waals surface area (Å²) >= 11 is 1.42. The topological polar surface area (TPSA) is 95.5 Å². The molecule has 1 aromatic carbocycles. The van der Waals surface area contributed by atoms with Gasteiger partial charge in [-0.3, -0.25) is 10.1 Å². The van der Waals surface area contributed by atoms with Gasteiger partial charge >= 0.3 is 0 Å². The number of hydrogen-bond donors (Lipinski definition) is 0. The molecule has 3 rings (SSSR count). The fraction of sp³-hybridized carbons (Fsp3) is 0.214. The van der Waals surface area contributed by atoms with Crippen molar-refractivity contribution in [1.82, 2.24) is 19.8 Å². The van der Waals surface area contributed by atoms with E-state index in [0.29, 0.717) is 13.0 Å². The maximum atomic E-state index is 10.6. The Hall–Kier alpha value is -2.65. The lowest BCUT2D eigenvalue weighted by Gasteiger charge is -1.94. The van der Waals surface area contributed by atoms with Crippen LogP contribution in [-0.2, 0) is 11.2 Å². The summed E-state index contributed by atoms with van der Waals surface area (Å²) in [4.78, 5) is 10.9. The minimum absolute atomic E-state index is 0.0729. The van der Waals surface area contributed by atoms with Gasteiger partial charge in [0.25, 0.3) is 5.69 Å². The highest BCUT2D eigenvalue weighted by atomic mass is 32.1. The molecule has 2 heterocycles. The number of ether oxygens (including phenoxy) is 1. The van der Waals surface area contributed by atoms with Gasteiger partial charge in [0.1, 0.15) is 5.01 Å². The Labute approximate surface area is 135 Å². The van der Waals surface area contributed by atoms with Gasteiger partial charge in [0.05, 0.1) is 11.5 Å².